The predicted molar refractivity (Wildman–Crippen MR) is 76.4 cm³/mol. The van der Waals surface area contributed by atoms with Crippen LogP contribution in [-0.2, 0) is 14.9 Å². The van der Waals surface area contributed by atoms with Crippen LogP contribution in [-0.4, -0.2) is 38.0 Å². The summed E-state index contributed by atoms with van der Waals surface area (Å²) >= 11 is 1.55. The summed E-state index contributed by atoms with van der Waals surface area (Å²) in [7, 11) is -3.46. The van der Waals surface area contributed by atoms with E-state index in [0.29, 0.717) is 13.1 Å². The highest BCUT2D eigenvalue weighted by Gasteiger charge is 2.31. The number of nitrogens with zero attached hydrogens (tertiary/aromatic N) is 1. The summed E-state index contributed by atoms with van der Waals surface area (Å²) in [6.45, 7) is 6.44. The van der Waals surface area contributed by atoms with Gasteiger partial charge >= 0.3 is 0 Å². The molecule has 0 aromatic carbocycles. The van der Waals surface area contributed by atoms with Crippen molar-refractivity contribution in [3.63, 3.8) is 0 Å². The zero-order valence-electron chi connectivity index (χ0n) is 11.4. The first-order chi connectivity index (χ1) is 8.88. The maximum absolute atomic E-state index is 12.3. The lowest BCUT2D eigenvalue weighted by Crippen LogP contribution is -2.52. The molecule has 2 rings (SSSR count). The monoisotopic (exact) mass is 304 g/mol. The molecular weight excluding hydrogens is 284 g/mol. The number of nitrogens with one attached hydrogen (secondary N) is 1. The van der Waals surface area contributed by atoms with Crippen LogP contribution >= 0.6 is 11.3 Å². The number of ether oxygens (including phenoxy) is 1. The molecule has 0 saturated carbocycles. The van der Waals surface area contributed by atoms with Gasteiger partial charge in [0.15, 0.2) is 0 Å². The van der Waals surface area contributed by atoms with E-state index < -0.39 is 10.2 Å². The lowest BCUT2D eigenvalue weighted by Gasteiger charge is -2.34. The van der Waals surface area contributed by atoms with Crippen LogP contribution in [0.3, 0.4) is 0 Å². The molecule has 1 aliphatic heterocycles. The Morgan fingerprint density at radius 2 is 2.05 bits per heavy atom. The van der Waals surface area contributed by atoms with Crippen LogP contribution in [0.1, 0.15) is 31.7 Å². The molecule has 108 valence electrons. The zero-order valence-corrected chi connectivity index (χ0v) is 13.0. The maximum atomic E-state index is 12.3. The van der Waals surface area contributed by atoms with Crippen molar-refractivity contribution < 1.29 is 13.2 Å². The van der Waals surface area contributed by atoms with E-state index in [9.17, 15) is 8.42 Å². The van der Waals surface area contributed by atoms with Gasteiger partial charge in [-0.1, -0.05) is 6.07 Å². The summed E-state index contributed by atoms with van der Waals surface area (Å²) in [5.74, 6) is 0. The quantitative estimate of drug-likeness (QED) is 0.922. The maximum Gasteiger partial charge on any atom is 0.280 e. The van der Waals surface area contributed by atoms with E-state index in [-0.39, 0.29) is 18.2 Å². The van der Waals surface area contributed by atoms with Crippen molar-refractivity contribution in [3.05, 3.63) is 22.4 Å². The molecule has 5 nitrogen and oxygen atoms in total. The molecule has 0 amide bonds. The topological polar surface area (TPSA) is 58.6 Å². The lowest BCUT2D eigenvalue weighted by atomic mass is 10.3. The van der Waals surface area contributed by atoms with Gasteiger partial charge in [0.25, 0.3) is 10.2 Å². The number of thiophene rings is 1. The molecule has 2 heterocycles. The van der Waals surface area contributed by atoms with E-state index in [2.05, 4.69) is 4.72 Å². The van der Waals surface area contributed by atoms with Crippen LogP contribution in [0.15, 0.2) is 17.5 Å². The fraction of sp³-hybridized carbons (Fsp3) is 0.667. The molecule has 3 unspecified atom stereocenters. The van der Waals surface area contributed by atoms with E-state index >= 15 is 0 Å². The number of hydrogen-bond acceptors (Lipinski definition) is 4. The second kappa shape index (κ2) is 5.88. The molecule has 1 aliphatic rings. The highest BCUT2D eigenvalue weighted by molar-refractivity contribution is 7.87. The molecule has 3 atom stereocenters. The van der Waals surface area contributed by atoms with Crippen LogP contribution in [0.2, 0.25) is 0 Å². The average molecular weight is 304 g/mol. The van der Waals surface area contributed by atoms with Gasteiger partial charge in [0.1, 0.15) is 0 Å². The molecular formula is C12H20N2O3S2. The lowest BCUT2D eigenvalue weighted by molar-refractivity contribution is -0.0444. The largest absolute Gasteiger partial charge is 0.373 e. The Bertz CT molecular complexity index is 491. The van der Waals surface area contributed by atoms with E-state index in [1.54, 1.807) is 11.3 Å². The van der Waals surface area contributed by atoms with Gasteiger partial charge in [0.2, 0.25) is 0 Å². The van der Waals surface area contributed by atoms with Crippen LogP contribution < -0.4 is 4.72 Å². The van der Waals surface area contributed by atoms with Gasteiger partial charge in [-0.25, -0.2) is 0 Å². The summed E-state index contributed by atoms with van der Waals surface area (Å²) in [4.78, 5) is 1.01. The second-order valence-electron chi connectivity index (χ2n) is 4.93. The van der Waals surface area contributed by atoms with Crippen molar-refractivity contribution in [1.29, 1.82) is 0 Å². The van der Waals surface area contributed by atoms with Gasteiger partial charge in [-0.3, -0.25) is 0 Å². The third-order valence-corrected chi connectivity index (χ3v) is 5.71. The van der Waals surface area contributed by atoms with E-state index in [4.69, 9.17) is 4.74 Å². The fourth-order valence-corrected chi connectivity index (χ4v) is 4.56. The summed E-state index contributed by atoms with van der Waals surface area (Å²) in [6.07, 6.45) is -0.144. The smallest absolute Gasteiger partial charge is 0.280 e. The summed E-state index contributed by atoms with van der Waals surface area (Å²) in [5.41, 5.74) is 0. The van der Waals surface area contributed by atoms with Crippen molar-refractivity contribution in [1.82, 2.24) is 9.03 Å². The molecule has 0 bridgehead atoms. The van der Waals surface area contributed by atoms with Crippen molar-refractivity contribution >= 4 is 21.5 Å². The molecule has 0 spiro atoms. The highest BCUT2D eigenvalue weighted by Crippen LogP contribution is 2.21. The molecule has 0 radical (unpaired) electrons. The van der Waals surface area contributed by atoms with Gasteiger partial charge in [0, 0.05) is 18.0 Å². The second-order valence-corrected chi connectivity index (χ2v) is 7.62. The van der Waals surface area contributed by atoms with Gasteiger partial charge in [0.05, 0.1) is 18.2 Å². The van der Waals surface area contributed by atoms with E-state index in [1.807, 2.05) is 38.3 Å². The highest BCUT2D eigenvalue weighted by atomic mass is 32.2. The molecule has 19 heavy (non-hydrogen) atoms. The third kappa shape index (κ3) is 3.76. The first-order valence-electron chi connectivity index (χ1n) is 6.34. The Morgan fingerprint density at radius 1 is 1.42 bits per heavy atom. The van der Waals surface area contributed by atoms with Gasteiger partial charge in [-0.05, 0) is 32.2 Å². The standard InChI is InChI=1S/C12H20N2O3S2/c1-9-7-14(8-10(2)17-9)19(15,16)13-11(3)12-5-4-6-18-12/h4-6,9-11,13H,7-8H2,1-3H3. The Morgan fingerprint density at radius 3 is 2.58 bits per heavy atom. The third-order valence-electron chi connectivity index (χ3n) is 3.02. The average Bonchev–Trinajstić information content (AvgIpc) is 2.80. The number of morpholine rings is 1. The van der Waals surface area contributed by atoms with Gasteiger partial charge in [-0.15, -0.1) is 11.3 Å². The predicted octanol–water partition coefficient (Wildman–Crippen LogP) is 1.75. The zero-order chi connectivity index (χ0) is 14.0. The molecule has 1 saturated heterocycles. The van der Waals surface area contributed by atoms with E-state index in [1.165, 1.54) is 4.31 Å². The van der Waals surface area contributed by atoms with Crippen molar-refractivity contribution in [2.45, 2.75) is 39.0 Å². The van der Waals surface area contributed by atoms with Crippen LogP contribution in [0, 0.1) is 0 Å². The molecule has 1 aromatic rings. The minimum atomic E-state index is -3.46. The SMILES string of the molecule is CC1CN(S(=O)(=O)NC(C)c2cccs2)CC(C)O1. The fourth-order valence-electron chi connectivity index (χ4n) is 2.22. The minimum Gasteiger partial charge on any atom is -0.373 e. The van der Waals surface area contributed by atoms with Crippen LogP contribution in [0.25, 0.3) is 0 Å². The van der Waals surface area contributed by atoms with Crippen molar-refractivity contribution in [2.24, 2.45) is 0 Å². The van der Waals surface area contributed by atoms with E-state index in [0.717, 1.165) is 4.88 Å². The molecule has 1 fully saturated rings. The molecule has 1 N–H and O–H groups in total. The number of hydrogen-bond donors (Lipinski definition) is 1. The summed E-state index contributed by atoms with van der Waals surface area (Å²) in [6, 6.07) is 3.64. The van der Waals surface area contributed by atoms with Gasteiger partial charge < -0.3 is 4.74 Å². The number of rotatable bonds is 4. The molecule has 0 aliphatic carbocycles. The molecule has 1 aromatic heterocycles. The molecule has 7 heteroatoms. The Labute approximate surface area is 118 Å². The van der Waals surface area contributed by atoms with Crippen molar-refractivity contribution in [2.75, 3.05) is 13.1 Å². The van der Waals surface area contributed by atoms with Crippen LogP contribution in [0.4, 0.5) is 0 Å². The van der Waals surface area contributed by atoms with Crippen molar-refractivity contribution in [3.8, 4) is 0 Å². The first-order valence-corrected chi connectivity index (χ1v) is 8.66. The Hall–Kier alpha value is -0.470. The summed E-state index contributed by atoms with van der Waals surface area (Å²) in [5, 5.41) is 1.94. The first kappa shape index (κ1) is 14.9. The van der Waals surface area contributed by atoms with Gasteiger partial charge in [-0.2, -0.15) is 17.4 Å². The Balaban J connectivity index is 2.05. The summed E-state index contributed by atoms with van der Waals surface area (Å²) < 4.78 is 34.4. The minimum absolute atomic E-state index is 0.0719. The normalized spacial score (nSPS) is 27.3. The van der Waals surface area contributed by atoms with Crippen LogP contribution in [0.5, 0.6) is 0 Å². The Kier molecular flexibility index (Phi) is 4.62.